The summed E-state index contributed by atoms with van der Waals surface area (Å²) in [4.78, 5) is 5.10. The van der Waals surface area contributed by atoms with Crippen molar-refractivity contribution in [3.05, 3.63) is 264 Å². The van der Waals surface area contributed by atoms with Gasteiger partial charge in [-0.25, -0.2) is 0 Å². The predicted octanol–water partition coefficient (Wildman–Crippen LogP) is 16.8. The predicted molar refractivity (Wildman–Crippen MR) is 290 cm³/mol. The third-order valence-electron chi connectivity index (χ3n) is 15.0. The third kappa shape index (κ3) is 7.74. The molecule has 1 aliphatic heterocycles. The number of hydrogen-bond donors (Lipinski definition) is 0. The second-order valence-corrected chi connectivity index (χ2v) is 19.2. The number of ether oxygens (including phenoxy) is 1. The van der Waals surface area contributed by atoms with Gasteiger partial charge >= 0.3 is 0 Å². The van der Waals surface area contributed by atoms with E-state index in [2.05, 4.69) is 234 Å². The molecule has 340 valence electrons. The van der Waals surface area contributed by atoms with Gasteiger partial charge in [-0.2, -0.15) is 0 Å². The topological polar surface area (TPSA) is 28.9 Å². The molecule has 70 heavy (non-hydrogen) atoms. The van der Waals surface area contributed by atoms with E-state index < -0.39 is 0 Å². The minimum Gasteiger partial charge on any atom is -0.484 e. The molecule has 4 atom stereocenters. The van der Waals surface area contributed by atoms with Crippen molar-refractivity contribution in [3.63, 3.8) is 0 Å². The van der Waals surface area contributed by atoms with Crippen molar-refractivity contribution in [3.8, 4) is 28.0 Å². The summed E-state index contributed by atoms with van der Waals surface area (Å²) in [6, 6.07) is 50.9. The summed E-state index contributed by atoms with van der Waals surface area (Å²) in [5.74, 6) is 1.28. The minimum absolute atomic E-state index is 0.0378. The maximum absolute atomic E-state index is 6.59. The Labute approximate surface area is 410 Å². The van der Waals surface area contributed by atoms with E-state index in [1.807, 2.05) is 6.07 Å². The highest BCUT2D eigenvalue weighted by molar-refractivity contribution is 6.09. The molecule has 2 heterocycles. The average Bonchev–Trinajstić information content (AvgIpc) is 4.02. The highest BCUT2D eigenvalue weighted by atomic mass is 16.5. The Morgan fingerprint density at radius 3 is 2.24 bits per heavy atom. The van der Waals surface area contributed by atoms with E-state index in [4.69, 9.17) is 9.15 Å². The van der Waals surface area contributed by atoms with Gasteiger partial charge in [0.05, 0.1) is 12.1 Å². The Morgan fingerprint density at radius 2 is 1.37 bits per heavy atom. The Balaban J connectivity index is 0.787. The molecule has 0 spiro atoms. The first-order valence-corrected chi connectivity index (χ1v) is 25.1. The van der Waals surface area contributed by atoms with E-state index in [-0.39, 0.29) is 24.1 Å². The maximum Gasteiger partial charge on any atom is 0.143 e. The number of allylic oxidation sites excluding steroid dienone is 12. The largest absolute Gasteiger partial charge is 0.484 e. The number of furan rings is 1. The van der Waals surface area contributed by atoms with Crippen LogP contribution in [0.3, 0.4) is 0 Å². The molecule has 4 heteroatoms. The number of anilines is 2. The van der Waals surface area contributed by atoms with Crippen LogP contribution in [0.25, 0.3) is 49.8 Å². The number of hydrogen-bond acceptors (Lipinski definition) is 4. The summed E-state index contributed by atoms with van der Waals surface area (Å²) in [6.45, 7) is 0. The fourth-order valence-corrected chi connectivity index (χ4v) is 11.6. The van der Waals surface area contributed by atoms with E-state index in [0.29, 0.717) is 0 Å². The van der Waals surface area contributed by atoms with Crippen LogP contribution in [0.2, 0.25) is 0 Å². The maximum atomic E-state index is 6.59. The summed E-state index contributed by atoms with van der Waals surface area (Å²) in [6.07, 6.45) is 40.8. The lowest BCUT2D eigenvalue weighted by Crippen LogP contribution is -2.34. The summed E-state index contributed by atoms with van der Waals surface area (Å²) >= 11 is 0. The van der Waals surface area contributed by atoms with Gasteiger partial charge in [-0.05, 0) is 132 Å². The van der Waals surface area contributed by atoms with Gasteiger partial charge in [0.1, 0.15) is 23.0 Å². The molecule has 0 saturated heterocycles. The lowest BCUT2D eigenvalue weighted by Gasteiger charge is -2.38. The van der Waals surface area contributed by atoms with Crippen LogP contribution in [-0.2, 0) is 0 Å². The van der Waals surface area contributed by atoms with E-state index in [0.717, 1.165) is 88.7 Å². The van der Waals surface area contributed by atoms with Gasteiger partial charge in [-0.15, -0.1) is 0 Å². The zero-order chi connectivity index (χ0) is 46.4. The van der Waals surface area contributed by atoms with Crippen LogP contribution in [0.15, 0.2) is 258 Å². The standard InChI is InChI=1S/C66H54N2O2/c1-3-20-51(21-4-1)67(53-38-34-45(35-39-53)57-28-14-30-61-59-26-7-9-32-63(59)69-65(57)61)55-24-12-18-49(43-55)47-16-11-17-48(42-47)50-19-13-25-56(44-50)68(52-22-5-2-6-23-52)54-40-36-46(37-41-54)58-29-15-31-62-60-27-8-10-33-64(60)70-66(58)62/h1,3-5,7-20,22-24,26-36,38-40,42-44,51,56,62,66H,2,6,21,25,37,41H2. The van der Waals surface area contributed by atoms with Gasteiger partial charge in [0.15, 0.2) is 0 Å². The molecule has 5 aliphatic carbocycles. The summed E-state index contributed by atoms with van der Waals surface area (Å²) in [5, 5.41) is 2.29. The molecule has 7 aromatic rings. The van der Waals surface area contributed by atoms with Gasteiger partial charge in [0.2, 0.25) is 0 Å². The minimum atomic E-state index is 0.0378. The van der Waals surface area contributed by atoms with E-state index in [1.54, 1.807) is 0 Å². The van der Waals surface area contributed by atoms with E-state index >= 15 is 0 Å². The van der Waals surface area contributed by atoms with Crippen molar-refractivity contribution in [1.82, 2.24) is 4.90 Å². The number of nitrogens with zero attached hydrogens (tertiary/aromatic N) is 2. The molecular weight excluding hydrogens is 853 g/mol. The molecular formula is C66H54N2O2. The monoisotopic (exact) mass is 906 g/mol. The lowest BCUT2D eigenvalue weighted by molar-refractivity contribution is 0.257. The molecule has 4 unspecified atom stereocenters. The van der Waals surface area contributed by atoms with Crippen molar-refractivity contribution >= 4 is 38.9 Å². The molecule has 1 aromatic heterocycles. The molecule has 4 nitrogen and oxygen atoms in total. The van der Waals surface area contributed by atoms with Crippen LogP contribution in [0.4, 0.5) is 11.4 Å². The zero-order valence-electron chi connectivity index (χ0n) is 39.2. The Hall–Kier alpha value is -8.08. The van der Waals surface area contributed by atoms with E-state index in [1.165, 1.54) is 50.4 Å². The summed E-state index contributed by atoms with van der Waals surface area (Å²) in [7, 11) is 0. The molecule has 0 N–H and O–H groups in total. The van der Waals surface area contributed by atoms with Crippen LogP contribution in [0.5, 0.6) is 5.75 Å². The van der Waals surface area contributed by atoms with Crippen molar-refractivity contribution in [1.29, 1.82) is 0 Å². The normalized spacial score (nSPS) is 21.1. The molecule has 0 amide bonds. The second kappa shape index (κ2) is 18.1. The van der Waals surface area contributed by atoms with Crippen molar-refractivity contribution in [2.24, 2.45) is 0 Å². The van der Waals surface area contributed by atoms with Crippen molar-refractivity contribution in [2.45, 2.75) is 62.6 Å². The number of benzene rings is 6. The lowest BCUT2D eigenvalue weighted by atomic mass is 9.82. The van der Waals surface area contributed by atoms with Gasteiger partial charge in [-0.3, -0.25) is 0 Å². The quantitative estimate of drug-likeness (QED) is 0.137. The first kappa shape index (κ1) is 42.1. The molecule has 0 radical (unpaired) electrons. The smallest absolute Gasteiger partial charge is 0.143 e. The SMILES string of the molecule is C1=CCC(N(c2ccc(-c3cccc4c3oc3ccccc34)cc2)c2cccc(-c3cccc(C4=CC(N(C5=CCCC=C5)C5=CC=C(C6=CC=CC7c8ccccc8OC67)CC5)CC=C4)c3)c2)C=C1. The Bertz CT molecular complexity index is 3510. The van der Waals surface area contributed by atoms with Crippen LogP contribution >= 0.6 is 0 Å². The van der Waals surface area contributed by atoms with Crippen LogP contribution in [-0.4, -0.2) is 23.1 Å². The molecule has 6 aromatic carbocycles. The Kier molecular flexibility index (Phi) is 10.9. The van der Waals surface area contributed by atoms with Crippen molar-refractivity contribution < 1.29 is 9.15 Å². The third-order valence-corrected chi connectivity index (χ3v) is 15.0. The fourth-order valence-electron chi connectivity index (χ4n) is 11.6. The highest BCUT2D eigenvalue weighted by Gasteiger charge is 2.38. The van der Waals surface area contributed by atoms with Gasteiger partial charge in [0, 0.05) is 50.6 Å². The van der Waals surface area contributed by atoms with Crippen LogP contribution in [0.1, 0.15) is 55.6 Å². The Morgan fingerprint density at radius 1 is 0.543 bits per heavy atom. The summed E-state index contributed by atoms with van der Waals surface area (Å²) < 4.78 is 13.0. The molecule has 0 bridgehead atoms. The number of fused-ring (bicyclic) bond motifs is 6. The second-order valence-electron chi connectivity index (χ2n) is 19.2. The van der Waals surface area contributed by atoms with Gasteiger partial charge < -0.3 is 19.0 Å². The van der Waals surface area contributed by atoms with Gasteiger partial charge in [0.25, 0.3) is 0 Å². The molecule has 6 aliphatic rings. The first-order chi connectivity index (χ1) is 34.7. The molecule has 0 saturated carbocycles. The highest BCUT2D eigenvalue weighted by Crippen LogP contribution is 2.47. The molecule has 13 rings (SSSR count). The summed E-state index contributed by atoms with van der Waals surface area (Å²) in [5.41, 5.74) is 17.9. The van der Waals surface area contributed by atoms with Crippen molar-refractivity contribution in [2.75, 3.05) is 4.90 Å². The zero-order valence-corrected chi connectivity index (χ0v) is 39.2. The first-order valence-electron chi connectivity index (χ1n) is 25.1. The van der Waals surface area contributed by atoms with Gasteiger partial charge in [-0.1, -0.05) is 176 Å². The number of para-hydroxylation sites is 3. The average molecular weight is 907 g/mol. The van der Waals surface area contributed by atoms with Crippen LogP contribution in [0, 0.1) is 0 Å². The fraction of sp³-hybridized carbons (Fsp3) is 0.152. The van der Waals surface area contributed by atoms with Crippen LogP contribution < -0.4 is 9.64 Å². The number of rotatable bonds is 10. The van der Waals surface area contributed by atoms with E-state index in [9.17, 15) is 0 Å². The molecule has 0 fully saturated rings.